The number of nitrogens with zero attached hydrogens (tertiary/aromatic N) is 4. The van der Waals surface area contributed by atoms with Crippen molar-refractivity contribution in [3.63, 3.8) is 0 Å². The van der Waals surface area contributed by atoms with Crippen LogP contribution in [0.2, 0.25) is 0 Å². The van der Waals surface area contributed by atoms with Crippen molar-refractivity contribution >= 4 is 16.6 Å². The highest BCUT2D eigenvalue weighted by Gasteiger charge is 2.39. The molecule has 1 aliphatic rings. The van der Waals surface area contributed by atoms with Crippen molar-refractivity contribution in [2.24, 2.45) is 7.05 Å². The van der Waals surface area contributed by atoms with Crippen molar-refractivity contribution in [1.29, 1.82) is 0 Å². The van der Waals surface area contributed by atoms with Crippen LogP contribution in [0.5, 0.6) is 0 Å². The van der Waals surface area contributed by atoms with Gasteiger partial charge in [-0.3, -0.25) is 14.5 Å². The van der Waals surface area contributed by atoms with Gasteiger partial charge in [0.25, 0.3) is 0 Å². The molecule has 3 aromatic rings. The number of carbonyl (C=O) groups excluding carboxylic acids is 1. The quantitative estimate of drug-likeness (QED) is 0.716. The molecule has 1 aliphatic carbocycles. The van der Waals surface area contributed by atoms with Crippen LogP contribution in [0.25, 0.3) is 22.0 Å². The van der Waals surface area contributed by atoms with Crippen molar-refractivity contribution < 1.29 is 9.18 Å². The van der Waals surface area contributed by atoms with Crippen molar-refractivity contribution in [3.05, 3.63) is 42.4 Å². The molecule has 1 saturated carbocycles. The first kappa shape index (κ1) is 16.8. The second-order valence-corrected chi connectivity index (χ2v) is 7.14. The zero-order chi connectivity index (χ0) is 18.1. The van der Waals surface area contributed by atoms with Gasteiger partial charge in [0.15, 0.2) is 11.5 Å². The number of ketones is 1. The summed E-state index contributed by atoms with van der Waals surface area (Å²) in [6.07, 6.45) is 6.91. The van der Waals surface area contributed by atoms with E-state index in [0.717, 1.165) is 41.3 Å². The third kappa shape index (κ3) is 3.23. The molecule has 2 heterocycles. The van der Waals surface area contributed by atoms with Gasteiger partial charge < -0.3 is 0 Å². The van der Waals surface area contributed by atoms with Crippen molar-refractivity contribution in [3.8, 4) is 11.3 Å². The Bertz CT molecular complexity index is 959. The van der Waals surface area contributed by atoms with Crippen LogP contribution in [0.1, 0.15) is 37.8 Å². The summed E-state index contributed by atoms with van der Waals surface area (Å²) in [4.78, 5) is 16.8. The Morgan fingerprint density at radius 1 is 1.19 bits per heavy atom. The minimum Gasteiger partial charge on any atom is -0.296 e. The summed E-state index contributed by atoms with van der Waals surface area (Å²) in [5.74, 6) is -0.339. The number of hydrogen-bond donors (Lipinski definition) is 0. The van der Waals surface area contributed by atoms with Crippen molar-refractivity contribution in [2.45, 2.75) is 44.2 Å². The minimum absolute atomic E-state index is 0.0435. The number of carbonyl (C=O) groups is 1. The number of benzene rings is 1. The zero-order valence-electron chi connectivity index (χ0n) is 14.8. The Morgan fingerprint density at radius 3 is 2.73 bits per heavy atom. The smallest absolute Gasteiger partial charge is 0.175 e. The molecule has 6 heteroatoms. The minimum atomic E-state index is -1.67. The SMILES string of the molecule is Cn1cc(-c2ccc3cnc(CC(=O)C4(F)CCCCC4)cc3c2)nn1. The second kappa shape index (κ2) is 6.59. The molecule has 0 atom stereocenters. The standard InChI is InChI=1S/C20H21FN4O/c1-25-13-18(23-24-25)14-5-6-15-12-22-17(10-16(15)9-14)11-19(26)20(21)7-3-2-4-8-20/h5-6,9-10,12-13H,2-4,7-8,11H2,1H3. The van der Waals surface area contributed by atoms with Crippen molar-refractivity contribution in [2.75, 3.05) is 0 Å². The van der Waals surface area contributed by atoms with E-state index in [1.54, 1.807) is 10.9 Å². The molecule has 0 N–H and O–H groups in total. The molecule has 5 nitrogen and oxygen atoms in total. The van der Waals surface area contributed by atoms with E-state index in [4.69, 9.17) is 0 Å². The van der Waals surface area contributed by atoms with Gasteiger partial charge in [0.05, 0.1) is 12.6 Å². The van der Waals surface area contributed by atoms with Crippen LogP contribution >= 0.6 is 0 Å². The van der Waals surface area contributed by atoms with E-state index in [-0.39, 0.29) is 12.2 Å². The van der Waals surface area contributed by atoms with E-state index in [9.17, 15) is 9.18 Å². The Labute approximate surface area is 151 Å². The molecule has 134 valence electrons. The lowest BCUT2D eigenvalue weighted by atomic mass is 9.82. The van der Waals surface area contributed by atoms with Crippen LogP contribution in [0, 0.1) is 0 Å². The monoisotopic (exact) mass is 352 g/mol. The van der Waals surface area contributed by atoms with Gasteiger partial charge >= 0.3 is 0 Å². The Morgan fingerprint density at radius 2 is 2.00 bits per heavy atom. The van der Waals surface area contributed by atoms with Crippen LogP contribution in [-0.4, -0.2) is 31.4 Å². The number of Topliss-reactive ketones (excluding diaryl/α,β-unsaturated/α-hetero) is 1. The summed E-state index contributed by atoms with van der Waals surface area (Å²) in [7, 11) is 1.82. The van der Waals surface area contributed by atoms with E-state index in [1.165, 1.54) is 0 Å². The first-order valence-electron chi connectivity index (χ1n) is 9.01. The summed E-state index contributed by atoms with van der Waals surface area (Å²) in [6, 6.07) is 7.81. The number of alkyl halides is 1. The number of halogens is 1. The number of rotatable bonds is 4. The molecule has 1 aromatic carbocycles. The van der Waals surface area contributed by atoms with E-state index < -0.39 is 5.67 Å². The molecule has 4 rings (SSSR count). The topological polar surface area (TPSA) is 60.7 Å². The maximum Gasteiger partial charge on any atom is 0.175 e. The third-order valence-electron chi connectivity index (χ3n) is 5.16. The van der Waals surface area contributed by atoms with Crippen LogP contribution in [0.3, 0.4) is 0 Å². The lowest BCUT2D eigenvalue weighted by Gasteiger charge is -2.27. The van der Waals surface area contributed by atoms with E-state index in [0.29, 0.717) is 18.5 Å². The normalized spacial score (nSPS) is 16.7. The molecule has 0 bridgehead atoms. The van der Waals surface area contributed by atoms with Gasteiger partial charge in [-0.05, 0) is 43.2 Å². The van der Waals surface area contributed by atoms with Gasteiger partial charge in [-0.25, -0.2) is 4.39 Å². The number of hydrogen-bond acceptors (Lipinski definition) is 4. The molecule has 1 fully saturated rings. The van der Waals surface area contributed by atoms with Gasteiger partial charge in [-0.1, -0.05) is 23.8 Å². The molecule has 0 unspecified atom stereocenters. The Hall–Kier alpha value is -2.63. The summed E-state index contributed by atoms with van der Waals surface area (Å²) < 4.78 is 16.5. The highest BCUT2D eigenvalue weighted by Crippen LogP contribution is 2.33. The lowest BCUT2D eigenvalue weighted by Crippen LogP contribution is -2.37. The molecule has 2 aromatic heterocycles. The van der Waals surface area contributed by atoms with E-state index >= 15 is 0 Å². The average molecular weight is 352 g/mol. The zero-order valence-corrected chi connectivity index (χ0v) is 14.8. The summed E-state index contributed by atoms with van der Waals surface area (Å²) in [5.41, 5.74) is 0.676. The van der Waals surface area contributed by atoms with E-state index in [2.05, 4.69) is 15.3 Å². The first-order valence-corrected chi connectivity index (χ1v) is 9.01. The molecule has 0 spiro atoms. The highest BCUT2D eigenvalue weighted by molar-refractivity contribution is 5.91. The summed E-state index contributed by atoms with van der Waals surface area (Å²) >= 11 is 0. The Kier molecular flexibility index (Phi) is 4.26. The van der Waals surface area contributed by atoms with Crippen LogP contribution in [0.15, 0.2) is 36.7 Å². The van der Waals surface area contributed by atoms with Crippen molar-refractivity contribution in [1.82, 2.24) is 20.0 Å². The number of aryl methyl sites for hydroxylation is 1. The van der Waals surface area contributed by atoms with Gasteiger partial charge in [-0.2, -0.15) is 0 Å². The predicted molar refractivity (Wildman–Crippen MR) is 97.4 cm³/mol. The third-order valence-corrected chi connectivity index (χ3v) is 5.16. The molecule has 26 heavy (non-hydrogen) atoms. The largest absolute Gasteiger partial charge is 0.296 e. The van der Waals surface area contributed by atoms with Gasteiger partial charge in [0.1, 0.15) is 5.69 Å². The molecule has 0 saturated heterocycles. The highest BCUT2D eigenvalue weighted by atomic mass is 19.1. The fraction of sp³-hybridized carbons (Fsp3) is 0.400. The van der Waals surface area contributed by atoms with Gasteiger partial charge in [0.2, 0.25) is 0 Å². The van der Waals surface area contributed by atoms with E-state index in [1.807, 2.05) is 37.5 Å². The molecular weight excluding hydrogens is 331 g/mol. The van der Waals surface area contributed by atoms with Crippen LogP contribution in [0.4, 0.5) is 4.39 Å². The lowest BCUT2D eigenvalue weighted by molar-refractivity contribution is -0.132. The number of aromatic nitrogens is 4. The Balaban J connectivity index is 1.61. The summed E-state index contributed by atoms with van der Waals surface area (Å²) in [6.45, 7) is 0. The maximum absolute atomic E-state index is 14.9. The summed E-state index contributed by atoms with van der Waals surface area (Å²) in [5, 5.41) is 10.0. The predicted octanol–water partition coefficient (Wildman–Crippen LogP) is 3.81. The molecule has 0 aliphatic heterocycles. The van der Waals surface area contributed by atoms with Gasteiger partial charge in [-0.15, -0.1) is 5.10 Å². The van der Waals surface area contributed by atoms with Crippen LogP contribution in [-0.2, 0) is 18.3 Å². The fourth-order valence-corrected chi connectivity index (χ4v) is 3.64. The average Bonchev–Trinajstić information content (AvgIpc) is 3.08. The molecule has 0 amide bonds. The van der Waals surface area contributed by atoms with Crippen LogP contribution < -0.4 is 0 Å². The molecule has 0 radical (unpaired) electrons. The number of pyridine rings is 1. The number of fused-ring (bicyclic) bond motifs is 1. The molecular formula is C20H21FN4O. The maximum atomic E-state index is 14.9. The second-order valence-electron chi connectivity index (χ2n) is 7.14. The van der Waals surface area contributed by atoms with Gasteiger partial charge in [0, 0.05) is 29.9 Å². The first-order chi connectivity index (χ1) is 12.5. The fourth-order valence-electron chi connectivity index (χ4n) is 3.64.